The van der Waals surface area contributed by atoms with Crippen LogP contribution in [0.3, 0.4) is 0 Å². The summed E-state index contributed by atoms with van der Waals surface area (Å²) < 4.78 is 0. The van der Waals surface area contributed by atoms with Gasteiger partial charge in [-0.3, -0.25) is 0 Å². The van der Waals surface area contributed by atoms with Gasteiger partial charge in [0.1, 0.15) is 0 Å². The van der Waals surface area contributed by atoms with Gasteiger partial charge in [0.05, 0.1) is 0 Å². The highest BCUT2D eigenvalue weighted by atomic mass is 14.0. The van der Waals surface area contributed by atoms with Crippen LogP contribution in [0.2, 0.25) is 0 Å². The Kier molecular flexibility index (Phi) is 24.3. The molecule has 0 aromatic carbocycles. The third-order valence-corrected chi connectivity index (χ3v) is 1.47. The first-order valence-electron chi connectivity index (χ1n) is 6.03. The molecule has 0 bridgehead atoms. The molecule has 88 valence electrons. The van der Waals surface area contributed by atoms with Crippen LogP contribution in [0.4, 0.5) is 0 Å². The smallest absolute Gasteiger partial charge is 0.00884 e. The van der Waals surface area contributed by atoms with E-state index in [0.29, 0.717) is 0 Å². The van der Waals surface area contributed by atoms with E-state index in [1.807, 2.05) is 53.7 Å². The van der Waals surface area contributed by atoms with Gasteiger partial charge in [-0.15, -0.1) is 0 Å². The summed E-state index contributed by atoms with van der Waals surface area (Å²) in [5.41, 5.74) is 2.50. The van der Waals surface area contributed by atoms with Crippen molar-refractivity contribution in [3.63, 3.8) is 0 Å². The molecular weight excluding hydrogens is 180 g/mol. The van der Waals surface area contributed by atoms with Gasteiger partial charge in [0, 0.05) is 0 Å². The highest BCUT2D eigenvalue weighted by Crippen LogP contribution is 2.19. The maximum absolute atomic E-state index is 3.70. The second kappa shape index (κ2) is 18.7. The molecule has 0 N–H and O–H groups in total. The fraction of sp³-hybridized carbons (Fsp3) is 0.467. The predicted octanol–water partition coefficient (Wildman–Crippen LogP) is 5.69. The number of hydrogen-bond donors (Lipinski definition) is 0. The SMILES string of the molecule is C=CC1=C(C=C)CC=C1.CC.CC.CC. The number of rotatable bonds is 2. The van der Waals surface area contributed by atoms with Crippen LogP contribution in [0.5, 0.6) is 0 Å². The third-order valence-electron chi connectivity index (χ3n) is 1.47. The molecule has 0 nitrogen and oxygen atoms in total. The molecule has 0 atom stereocenters. The van der Waals surface area contributed by atoms with Crippen molar-refractivity contribution in [2.24, 2.45) is 0 Å². The van der Waals surface area contributed by atoms with E-state index in [1.54, 1.807) is 0 Å². The van der Waals surface area contributed by atoms with Gasteiger partial charge in [0.25, 0.3) is 0 Å². The fourth-order valence-electron chi connectivity index (χ4n) is 0.938. The van der Waals surface area contributed by atoms with Gasteiger partial charge >= 0.3 is 0 Å². The van der Waals surface area contributed by atoms with Crippen molar-refractivity contribution >= 4 is 0 Å². The standard InChI is InChI=1S/C9H10.3C2H6/c1-3-8-6-5-7-9(8)4-2;3*1-2/h3-6H,1-2,7H2;3*1-2H3. The first kappa shape index (κ1) is 19.5. The van der Waals surface area contributed by atoms with E-state index in [2.05, 4.69) is 25.3 Å². The van der Waals surface area contributed by atoms with Crippen molar-refractivity contribution in [2.45, 2.75) is 48.0 Å². The molecule has 0 heteroatoms. The Hall–Kier alpha value is -1.04. The Morgan fingerprint density at radius 2 is 1.40 bits per heavy atom. The number of allylic oxidation sites excluding steroid dienone is 6. The summed E-state index contributed by atoms with van der Waals surface area (Å²) in [6, 6.07) is 0. The molecular formula is C15H28. The van der Waals surface area contributed by atoms with Gasteiger partial charge in [0.15, 0.2) is 0 Å². The van der Waals surface area contributed by atoms with Gasteiger partial charge < -0.3 is 0 Å². The Bertz CT molecular complexity index is 192. The Labute approximate surface area is 97.1 Å². The van der Waals surface area contributed by atoms with E-state index in [-0.39, 0.29) is 0 Å². The summed E-state index contributed by atoms with van der Waals surface area (Å²) in [5.74, 6) is 0. The molecule has 0 aliphatic heterocycles. The normalized spacial score (nSPS) is 11.1. The molecule has 15 heavy (non-hydrogen) atoms. The Morgan fingerprint density at radius 3 is 1.67 bits per heavy atom. The van der Waals surface area contributed by atoms with Crippen molar-refractivity contribution in [1.29, 1.82) is 0 Å². The molecule has 0 aromatic rings. The van der Waals surface area contributed by atoms with Crippen LogP contribution in [-0.2, 0) is 0 Å². The summed E-state index contributed by atoms with van der Waals surface area (Å²) in [6.45, 7) is 19.4. The first-order valence-corrected chi connectivity index (χ1v) is 6.03. The van der Waals surface area contributed by atoms with Crippen LogP contribution in [0, 0.1) is 0 Å². The minimum absolute atomic E-state index is 1.02. The molecule has 1 rings (SSSR count). The lowest BCUT2D eigenvalue weighted by atomic mass is 10.1. The van der Waals surface area contributed by atoms with Crippen molar-refractivity contribution in [2.75, 3.05) is 0 Å². The van der Waals surface area contributed by atoms with Crippen molar-refractivity contribution in [3.8, 4) is 0 Å². The number of hydrogen-bond acceptors (Lipinski definition) is 0. The van der Waals surface area contributed by atoms with E-state index >= 15 is 0 Å². The maximum atomic E-state index is 3.70. The average molecular weight is 208 g/mol. The molecule has 0 fully saturated rings. The van der Waals surface area contributed by atoms with Crippen molar-refractivity contribution < 1.29 is 0 Å². The highest BCUT2D eigenvalue weighted by molar-refractivity contribution is 5.45. The van der Waals surface area contributed by atoms with E-state index in [9.17, 15) is 0 Å². The largest absolute Gasteiger partial charge is 0.0988 e. The van der Waals surface area contributed by atoms with Crippen LogP contribution < -0.4 is 0 Å². The zero-order valence-electron chi connectivity index (χ0n) is 11.4. The third kappa shape index (κ3) is 9.27. The molecule has 0 spiro atoms. The molecule has 0 unspecified atom stereocenters. The van der Waals surface area contributed by atoms with Gasteiger partial charge in [-0.25, -0.2) is 0 Å². The van der Waals surface area contributed by atoms with Crippen LogP contribution in [0.25, 0.3) is 0 Å². The molecule has 0 amide bonds. The van der Waals surface area contributed by atoms with Crippen LogP contribution >= 0.6 is 0 Å². The lowest BCUT2D eigenvalue weighted by Crippen LogP contribution is -1.72. The van der Waals surface area contributed by atoms with Crippen molar-refractivity contribution in [1.82, 2.24) is 0 Å². The van der Waals surface area contributed by atoms with Crippen molar-refractivity contribution in [3.05, 3.63) is 48.6 Å². The summed E-state index contributed by atoms with van der Waals surface area (Å²) in [5, 5.41) is 0. The van der Waals surface area contributed by atoms with Gasteiger partial charge in [-0.1, -0.05) is 79.0 Å². The topological polar surface area (TPSA) is 0 Å². The highest BCUT2D eigenvalue weighted by Gasteiger charge is 2.00. The average Bonchev–Trinajstić information content (AvgIpc) is 2.84. The van der Waals surface area contributed by atoms with Crippen LogP contribution in [0.1, 0.15) is 48.0 Å². The lowest BCUT2D eigenvalue weighted by Gasteiger charge is -1.92. The minimum atomic E-state index is 1.02. The lowest BCUT2D eigenvalue weighted by molar-refractivity contribution is 1.32. The first-order chi connectivity index (χ1) is 7.38. The van der Waals surface area contributed by atoms with E-state index in [0.717, 1.165) is 6.42 Å². The van der Waals surface area contributed by atoms with E-state index in [1.165, 1.54) is 11.1 Å². The minimum Gasteiger partial charge on any atom is -0.0988 e. The Balaban J connectivity index is -0.000000208. The molecule has 0 saturated heterocycles. The van der Waals surface area contributed by atoms with Crippen LogP contribution in [-0.4, -0.2) is 0 Å². The molecule has 0 radical (unpaired) electrons. The zero-order valence-corrected chi connectivity index (χ0v) is 11.4. The van der Waals surface area contributed by atoms with Gasteiger partial charge in [-0.05, 0) is 17.6 Å². The summed E-state index contributed by atoms with van der Waals surface area (Å²) in [6.07, 6.45) is 8.96. The van der Waals surface area contributed by atoms with Gasteiger partial charge in [0.2, 0.25) is 0 Å². The maximum Gasteiger partial charge on any atom is -0.00884 e. The quantitative estimate of drug-likeness (QED) is 0.546. The summed E-state index contributed by atoms with van der Waals surface area (Å²) >= 11 is 0. The molecule has 1 aliphatic rings. The second-order valence-electron chi connectivity index (χ2n) is 2.00. The molecule has 0 heterocycles. The molecule has 1 aliphatic carbocycles. The monoisotopic (exact) mass is 208 g/mol. The summed E-state index contributed by atoms with van der Waals surface area (Å²) in [4.78, 5) is 0. The Morgan fingerprint density at radius 1 is 0.933 bits per heavy atom. The van der Waals surface area contributed by atoms with E-state index in [4.69, 9.17) is 0 Å². The predicted molar refractivity (Wildman–Crippen MR) is 75.2 cm³/mol. The zero-order chi connectivity index (χ0) is 12.7. The van der Waals surface area contributed by atoms with E-state index < -0.39 is 0 Å². The molecule has 0 aromatic heterocycles. The van der Waals surface area contributed by atoms with Gasteiger partial charge in [-0.2, -0.15) is 0 Å². The van der Waals surface area contributed by atoms with Crippen LogP contribution in [0.15, 0.2) is 48.6 Å². The fourth-order valence-corrected chi connectivity index (χ4v) is 0.938. The second-order valence-corrected chi connectivity index (χ2v) is 2.00. The summed E-state index contributed by atoms with van der Waals surface area (Å²) in [7, 11) is 0. The molecule has 0 saturated carbocycles.